The number of benzene rings is 3. The first kappa shape index (κ1) is 24.9. The molecule has 0 spiro atoms. The van der Waals surface area contributed by atoms with Gasteiger partial charge in [-0.05, 0) is 54.6 Å². The maximum absolute atomic E-state index is 12.7. The van der Waals surface area contributed by atoms with Crippen LogP contribution in [0, 0.1) is 0 Å². The molecule has 0 aliphatic heterocycles. The third kappa shape index (κ3) is 6.39. The smallest absolute Gasteiger partial charge is 0.478 e. The van der Waals surface area contributed by atoms with Crippen molar-refractivity contribution in [3.05, 3.63) is 82.9 Å². The molecule has 178 valence electrons. The molecule has 0 heterocycles. The van der Waals surface area contributed by atoms with E-state index in [1.165, 1.54) is 36.4 Å². The van der Waals surface area contributed by atoms with Crippen LogP contribution in [0.2, 0.25) is 5.02 Å². The Morgan fingerprint density at radius 2 is 1.59 bits per heavy atom. The van der Waals surface area contributed by atoms with E-state index in [1.54, 1.807) is 0 Å². The number of sulfonamides is 1. The maximum Gasteiger partial charge on any atom is 0.573 e. The summed E-state index contributed by atoms with van der Waals surface area (Å²) in [6, 6.07) is 12.8. The number of carbonyl (C=O) groups is 2. The van der Waals surface area contributed by atoms with Gasteiger partial charge < -0.3 is 15.2 Å². The fraction of sp³-hybridized carbons (Fsp3) is 0.0476. The molecule has 0 saturated heterocycles. The highest BCUT2D eigenvalue weighted by Crippen LogP contribution is 2.29. The van der Waals surface area contributed by atoms with Gasteiger partial charge in [0.2, 0.25) is 0 Å². The van der Waals surface area contributed by atoms with Gasteiger partial charge in [-0.15, -0.1) is 13.2 Å². The van der Waals surface area contributed by atoms with Gasteiger partial charge >= 0.3 is 12.3 Å². The van der Waals surface area contributed by atoms with Gasteiger partial charge in [-0.2, -0.15) is 0 Å². The van der Waals surface area contributed by atoms with Crippen LogP contribution in [-0.2, 0) is 10.0 Å². The van der Waals surface area contributed by atoms with Crippen LogP contribution in [0.3, 0.4) is 0 Å². The third-order valence-corrected chi connectivity index (χ3v) is 5.90. The van der Waals surface area contributed by atoms with Gasteiger partial charge in [-0.1, -0.05) is 17.7 Å². The normalized spacial score (nSPS) is 11.5. The minimum absolute atomic E-state index is 0.00133. The lowest BCUT2D eigenvalue weighted by Gasteiger charge is -2.13. The van der Waals surface area contributed by atoms with E-state index >= 15 is 0 Å². The zero-order chi connectivity index (χ0) is 25.1. The number of carbonyl (C=O) groups excluding carboxylic acids is 1. The molecule has 0 atom stereocenters. The first-order valence-electron chi connectivity index (χ1n) is 9.17. The number of amides is 1. The summed E-state index contributed by atoms with van der Waals surface area (Å²) in [5, 5.41) is 11.4. The molecule has 3 aromatic rings. The topological polar surface area (TPSA) is 122 Å². The SMILES string of the molecule is O=C(O)c1ccc(NC(=O)c2ccc(Cl)c(NS(=O)(=O)c3cccc(OC(F)(F)F)c3)c2)cc1. The molecule has 0 bridgehead atoms. The Labute approximate surface area is 196 Å². The first-order valence-corrected chi connectivity index (χ1v) is 11.0. The number of anilines is 2. The molecule has 0 unspecified atom stereocenters. The van der Waals surface area contributed by atoms with Crippen molar-refractivity contribution in [3.63, 3.8) is 0 Å². The average molecular weight is 515 g/mol. The van der Waals surface area contributed by atoms with Gasteiger partial charge in [0.1, 0.15) is 5.75 Å². The van der Waals surface area contributed by atoms with E-state index in [2.05, 4.69) is 14.8 Å². The monoisotopic (exact) mass is 514 g/mol. The summed E-state index contributed by atoms with van der Waals surface area (Å²) in [5.74, 6) is -2.52. The van der Waals surface area contributed by atoms with Gasteiger partial charge in [0.15, 0.2) is 0 Å². The average Bonchev–Trinajstić information content (AvgIpc) is 2.74. The van der Waals surface area contributed by atoms with Crippen LogP contribution < -0.4 is 14.8 Å². The van der Waals surface area contributed by atoms with E-state index in [9.17, 15) is 31.2 Å². The van der Waals surface area contributed by atoms with Crippen LogP contribution >= 0.6 is 11.6 Å². The largest absolute Gasteiger partial charge is 0.573 e. The zero-order valence-corrected chi connectivity index (χ0v) is 18.3. The molecule has 0 radical (unpaired) electrons. The second-order valence-corrected chi connectivity index (χ2v) is 8.75. The molecule has 0 aromatic heterocycles. The summed E-state index contributed by atoms with van der Waals surface area (Å²) in [6.07, 6.45) is -5.01. The molecule has 34 heavy (non-hydrogen) atoms. The molecule has 13 heteroatoms. The lowest BCUT2D eigenvalue weighted by molar-refractivity contribution is -0.274. The molecule has 0 aliphatic carbocycles. The quantitative estimate of drug-likeness (QED) is 0.408. The number of rotatable bonds is 7. The zero-order valence-electron chi connectivity index (χ0n) is 16.8. The number of ether oxygens (including phenoxy) is 1. The Morgan fingerprint density at radius 1 is 0.941 bits per heavy atom. The van der Waals surface area contributed by atoms with Crippen molar-refractivity contribution >= 4 is 44.9 Å². The highest BCUT2D eigenvalue weighted by Gasteiger charge is 2.31. The number of aromatic carboxylic acids is 1. The predicted molar refractivity (Wildman–Crippen MR) is 117 cm³/mol. The highest BCUT2D eigenvalue weighted by molar-refractivity contribution is 7.92. The molecule has 1 amide bonds. The fourth-order valence-electron chi connectivity index (χ4n) is 2.69. The number of alkyl halides is 3. The van der Waals surface area contributed by atoms with Crippen molar-refractivity contribution in [2.24, 2.45) is 0 Å². The molecular weight excluding hydrogens is 501 g/mol. The lowest BCUT2D eigenvalue weighted by atomic mass is 10.1. The number of halogens is 4. The Bertz CT molecular complexity index is 1350. The molecule has 3 N–H and O–H groups in total. The van der Waals surface area contributed by atoms with E-state index < -0.39 is 38.9 Å². The van der Waals surface area contributed by atoms with E-state index in [0.29, 0.717) is 6.07 Å². The van der Waals surface area contributed by atoms with Crippen molar-refractivity contribution in [2.75, 3.05) is 10.0 Å². The summed E-state index contributed by atoms with van der Waals surface area (Å²) in [6.45, 7) is 0. The Kier molecular flexibility index (Phi) is 7.03. The summed E-state index contributed by atoms with van der Waals surface area (Å²) < 4.78 is 68.5. The minimum Gasteiger partial charge on any atom is -0.478 e. The summed E-state index contributed by atoms with van der Waals surface area (Å²) in [5.41, 5.74) is 0.107. The molecule has 3 aromatic carbocycles. The molecule has 3 rings (SSSR count). The van der Waals surface area contributed by atoms with E-state index in [4.69, 9.17) is 16.7 Å². The second kappa shape index (κ2) is 9.61. The number of nitrogens with one attached hydrogen (secondary N) is 2. The molecule has 0 aliphatic rings. The van der Waals surface area contributed by atoms with E-state index in [0.717, 1.165) is 24.3 Å². The molecule has 0 saturated carbocycles. The standard InChI is InChI=1S/C21H14ClF3N2O6S/c22-17-9-6-13(19(28)26-14-7-4-12(5-8-14)20(29)30)10-18(17)27-34(31,32)16-3-1-2-15(11-16)33-21(23,24)25/h1-11,27H,(H,26,28)(H,29,30). The molecular formula is C21H14ClF3N2O6S. The van der Waals surface area contributed by atoms with E-state index in [-0.39, 0.29) is 27.5 Å². The van der Waals surface area contributed by atoms with Crippen molar-refractivity contribution in [1.29, 1.82) is 0 Å². The van der Waals surface area contributed by atoms with Crippen LogP contribution in [0.25, 0.3) is 0 Å². The van der Waals surface area contributed by atoms with Gasteiger partial charge in [-0.3, -0.25) is 9.52 Å². The van der Waals surface area contributed by atoms with Crippen LogP contribution in [0.15, 0.2) is 71.6 Å². The fourth-order valence-corrected chi connectivity index (χ4v) is 4.01. The van der Waals surface area contributed by atoms with Crippen molar-refractivity contribution in [3.8, 4) is 5.75 Å². The van der Waals surface area contributed by atoms with Crippen molar-refractivity contribution < 1.29 is 41.0 Å². The van der Waals surface area contributed by atoms with Gasteiger partial charge in [0, 0.05) is 17.3 Å². The number of hydrogen-bond donors (Lipinski definition) is 3. The second-order valence-electron chi connectivity index (χ2n) is 6.66. The van der Waals surface area contributed by atoms with Gasteiger partial charge in [-0.25, -0.2) is 13.2 Å². The minimum atomic E-state index is -5.01. The summed E-state index contributed by atoms with van der Waals surface area (Å²) in [4.78, 5) is 22.9. The summed E-state index contributed by atoms with van der Waals surface area (Å²) in [7, 11) is -4.40. The highest BCUT2D eigenvalue weighted by atomic mass is 35.5. The Balaban J connectivity index is 1.81. The lowest BCUT2D eigenvalue weighted by Crippen LogP contribution is -2.18. The van der Waals surface area contributed by atoms with Gasteiger partial charge in [0.25, 0.3) is 15.9 Å². The van der Waals surface area contributed by atoms with E-state index in [1.807, 2.05) is 0 Å². The summed E-state index contributed by atoms with van der Waals surface area (Å²) >= 11 is 6.03. The van der Waals surface area contributed by atoms with Gasteiger partial charge in [0.05, 0.1) is 21.2 Å². The van der Waals surface area contributed by atoms with Crippen LogP contribution in [0.4, 0.5) is 24.5 Å². The number of hydrogen-bond acceptors (Lipinski definition) is 5. The molecule has 0 fully saturated rings. The maximum atomic E-state index is 12.7. The van der Waals surface area contributed by atoms with Crippen LogP contribution in [0.1, 0.15) is 20.7 Å². The third-order valence-electron chi connectivity index (χ3n) is 4.21. The Hall–Kier alpha value is -3.77. The van der Waals surface area contributed by atoms with Crippen molar-refractivity contribution in [2.45, 2.75) is 11.3 Å². The number of carboxylic acid groups (broad SMARTS) is 1. The molecule has 8 nitrogen and oxygen atoms in total. The van der Waals surface area contributed by atoms with Crippen LogP contribution in [0.5, 0.6) is 5.75 Å². The van der Waals surface area contributed by atoms with Crippen molar-refractivity contribution in [1.82, 2.24) is 0 Å². The number of carboxylic acids is 1. The first-order chi connectivity index (χ1) is 15.8. The van der Waals surface area contributed by atoms with Crippen LogP contribution in [-0.4, -0.2) is 31.8 Å². The Morgan fingerprint density at radius 3 is 2.21 bits per heavy atom. The predicted octanol–water partition coefficient (Wildman–Crippen LogP) is 4.99.